The average Bonchev–Trinajstić information content (AvgIpc) is 2.81. The molecule has 4 nitrogen and oxygen atoms in total. The predicted octanol–water partition coefficient (Wildman–Crippen LogP) is 5.06. The normalized spacial score (nSPS) is 21.8. The van der Waals surface area contributed by atoms with Crippen LogP contribution >= 0.6 is 0 Å². The molecule has 0 radical (unpaired) electrons. The van der Waals surface area contributed by atoms with Crippen molar-refractivity contribution >= 4 is 11.4 Å². The minimum absolute atomic E-state index is 0.0292. The van der Waals surface area contributed by atoms with Crippen molar-refractivity contribution in [1.29, 1.82) is 5.41 Å². The van der Waals surface area contributed by atoms with E-state index in [1.165, 1.54) is 16.7 Å². The number of rotatable bonds is 4. The molecular formula is C28H32N4. The molecule has 3 aromatic carbocycles. The first-order chi connectivity index (χ1) is 15.6. The maximum Gasteiger partial charge on any atom is 0.0638 e. The number of likely N-dealkylation sites (N-methyl/N-ethyl adjacent to an activating group) is 1. The molecule has 2 aliphatic rings. The highest BCUT2D eigenvalue weighted by atomic mass is 15.2. The summed E-state index contributed by atoms with van der Waals surface area (Å²) in [4.78, 5) is 4.93. The molecule has 5 rings (SSSR count). The Labute approximate surface area is 191 Å². The molecule has 1 fully saturated rings. The van der Waals surface area contributed by atoms with Crippen molar-refractivity contribution in [3.8, 4) is 0 Å². The minimum Gasteiger partial charge on any atom is -0.377 e. The molecule has 2 atom stereocenters. The number of hydrogen-bond acceptors (Lipinski definition) is 4. The summed E-state index contributed by atoms with van der Waals surface area (Å²) in [5.74, 6) is -0.0292. The average molecular weight is 425 g/mol. The van der Waals surface area contributed by atoms with Gasteiger partial charge in [0.15, 0.2) is 0 Å². The molecule has 2 heterocycles. The Balaban J connectivity index is 1.51. The van der Waals surface area contributed by atoms with Crippen LogP contribution in [0.5, 0.6) is 0 Å². The highest BCUT2D eigenvalue weighted by molar-refractivity contribution is 6.10. The van der Waals surface area contributed by atoms with Gasteiger partial charge in [0, 0.05) is 44.0 Å². The molecule has 2 unspecified atom stereocenters. The summed E-state index contributed by atoms with van der Waals surface area (Å²) in [6.45, 7) is 7.56. The summed E-state index contributed by atoms with van der Waals surface area (Å²) in [7, 11) is 2.20. The molecule has 164 valence electrons. The zero-order valence-electron chi connectivity index (χ0n) is 19.0. The van der Waals surface area contributed by atoms with Crippen LogP contribution in [-0.2, 0) is 6.54 Å². The fourth-order valence-electron chi connectivity index (χ4n) is 5.16. The summed E-state index contributed by atoms with van der Waals surface area (Å²) in [5, 5.41) is 13.1. The third kappa shape index (κ3) is 4.08. The van der Waals surface area contributed by atoms with E-state index >= 15 is 0 Å². The number of nitrogens with zero attached hydrogens (tertiary/aromatic N) is 2. The number of aryl methyl sites for hydroxylation is 1. The van der Waals surface area contributed by atoms with Crippen LogP contribution in [0, 0.1) is 12.3 Å². The Morgan fingerprint density at radius 3 is 2.38 bits per heavy atom. The van der Waals surface area contributed by atoms with Gasteiger partial charge in [-0.15, -0.1) is 0 Å². The van der Waals surface area contributed by atoms with Crippen LogP contribution in [0.25, 0.3) is 0 Å². The zero-order chi connectivity index (χ0) is 22.1. The van der Waals surface area contributed by atoms with Crippen molar-refractivity contribution in [2.24, 2.45) is 0 Å². The van der Waals surface area contributed by atoms with E-state index < -0.39 is 0 Å². The molecule has 4 heteroatoms. The molecule has 0 bridgehead atoms. The molecular weight excluding hydrogens is 392 g/mol. The monoisotopic (exact) mass is 424 g/mol. The van der Waals surface area contributed by atoms with E-state index in [1.807, 2.05) is 0 Å². The standard InChI is InChI=1S/C28H32N4/c1-20-8-6-13-24-25(20)27(29)26(28(30-24)22-10-4-3-5-11-22)23-12-7-9-21(18-23)19-32-16-14-31(2)15-17-32/h3-13,18,26,28-30H,14-17,19H2,1-2H3. The largest absolute Gasteiger partial charge is 0.377 e. The van der Waals surface area contributed by atoms with Crippen molar-refractivity contribution in [2.45, 2.75) is 25.4 Å². The van der Waals surface area contributed by atoms with E-state index in [1.54, 1.807) is 0 Å². The summed E-state index contributed by atoms with van der Waals surface area (Å²) in [6.07, 6.45) is 0. The van der Waals surface area contributed by atoms with E-state index in [0.29, 0.717) is 5.71 Å². The maximum atomic E-state index is 9.28. The summed E-state index contributed by atoms with van der Waals surface area (Å²) in [6, 6.07) is 25.9. The van der Waals surface area contributed by atoms with Gasteiger partial charge in [-0.25, -0.2) is 0 Å². The van der Waals surface area contributed by atoms with Gasteiger partial charge in [0.25, 0.3) is 0 Å². The number of hydrogen-bond donors (Lipinski definition) is 2. The molecule has 1 saturated heterocycles. The Morgan fingerprint density at radius 2 is 1.59 bits per heavy atom. The van der Waals surface area contributed by atoms with Gasteiger partial charge in [0.1, 0.15) is 0 Å². The molecule has 0 spiro atoms. The van der Waals surface area contributed by atoms with Crippen molar-refractivity contribution in [2.75, 3.05) is 38.5 Å². The quantitative estimate of drug-likeness (QED) is 0.615. The van der Waals surface area contributed by atoms with Gasteiger partial charge in [0.2, 0.25) is 0 Å². The Hall–Kier alpha value is -2.95. The fourth-order valence-corrected chi connectivity index (χ4v) is 5.16. The van der Waals surface area contributed by atoms with Gasteiger partial charge < -0.3 is 15.6 Å². The summed E-state index contributed by atoms with van der Waals surface area (Å²) < 4.78 is 0. The Morgan fingerprint density at radius 1 is 0.875 bits per heavy atom. The molecule has 0 aliphatic carbocycles. The molecule has 32 heavy (non-hydrogen) atoms. The molecule has 0 aromatic heterocycles. The third-order valence-corrected chi connectivity index (χ3v) is 6.97. The van der Waals surface area contributed by atoms with Crippen molar-refractivity contribution < 1.29 is 0 Å². The third-order valence-electron chi connectivity index (χ3n) is 6.97. The van der Waals surface area contributed by atoms with Crippen molar-refractivity contribution in [1.82, 2.24) is 9.80 Å². The lowest BCUT2D eigenvalue weighted by Gasteiger charge is -2.37. The molecule has 0 amide bonds. The molecule has 2 N–H and O–H groups in total. The number of fused-ring (bicyclic) bond motifs is 1. The number of nitrogens with one attached hydrogen (secondary N) is 2. The number of anilines is 1. The van der Waals surface area contributed by atoms with Crippen molar-refractivity contribution in [3.05, 3.63) is 101 Å². The van der Waals surface area contributed by atoms with E-state index in [-0.39, 0.29) is 12.0 Å². The van der Waals surface area contributed by atoms with E-state index in [9.17, 15) is 5.41 Å². The van der Waals surface area contributed by atoms with E-state index in [4.69, 9.17) is 0 Å². The Kier molecular flexibility index (Phi) is 5.81. The van der Waals surface area contributed by atoms with Gasteiger partial charge in [-0.2, -0.15) is 0 Å². The second-order valence-electron chi connectivity index (χ2n) is 9.25. The van der Waals surface area contributed by atoms with Crippen LogP contribution in [0.3, 0.4) is 0 Å². The van der Waals surface area contributed by atoms with Crippen LogP contribution in [0.15, 0.2) is 72.8 Å². The second kappa shape index (κ2) is 8.89. The van der Waals surface area contributed by atoms with Gasteiger partial charge in [0.05, 0.1) is 17.7 Å². The summed E-state index contributed by atoms with van der Waals surface area (Å²) >= 11 is 0. The first-order valence-corrected chi connectivity index (χ1v) is 11.6. The van der Waals surface area contributed by atoms with Crippen LogP contribution in [0.2, 0.25) is 0 Å². The zero-order valence-corrected chi connectivity index (χ0v) is 19.0. The van der Waals surface area contributed by atoms with Crippen LogP contribution in [-0.4, -0.2) is 48.7 Å². The lowest BCUT2D eigenvalue weighted by Crippen LogP contribution is -2.43. The van der Waals surface area contributed by atoms with Crippen LogP contribution < -0.4 is 5.32 Å². The maximum absolute atomic E-state index is 9.28. The molecule has 3 aromatic rings. The first-order valence-electron chi connectivity index (χ1n) is 11.6. The minimum atomic E-state index is -0.0292. The summed E-state index contributed by atoms with van der Waals surface area (Å²) in [5.41, 5.74) is 7.76. The molecule has 2 aliphatic heterocycles. The van der Waals surface area contributed by atoms with Gasteiger partial charge in [-0.3, -0.25) is 4.90 Å². The first kappa shape index (κ1) is 20.9. The van der Waals surface area contributed by atoms with E-state index in [0.717, 1.165) is 49.5 Å². The highest BCUT2D eigenvalue weighted by Crippen LogP contribution is 2.43. The predicted molar refractivity (Wildman–Crippen MR) is 133 cm³/mol. The van der Waals surface area contributed by atoms with Crippen molar-refractivity contribution in [3.63, 3.8) is 0 Å². The molecule has 0 saturated carbocycles. The second-order valence-corrected chi connectivity index (χ2v) is 9.25. The topological polar surface area (TPSA) is 42.4 Å². The highest BCUT2D eigenvalue weighted by Gasteiger charge is 2.35. The Bertz CT molecular complexity index is 1100. The SMILES string of the molecule is Cc1cccc2c1C(=N)C(c1cccc(CN3CCN(C)CC3)c1)C(c1ccccc1)N2. The number of benzene rings is 3. The van der Waals surface area contributed by atoms with Crippen LogP contribution in [0.1, 0.15) is 39.8 Å². The fraction of sp³-hybridized carbons (Fsp3) is 0.321. The lowest BCUT2D eigenvalue weighted by atomic mass is 9.76. The van der Waals surface area contributed by atoms with Gasteiger partial charge >= 0.3 is 0 Å². The van der Waals surface area contributed by atoms with Gasteiger partial charge in [-0.1, -0.05) is 66.7 Å². The smallest absolute Gasteiger partial charge is 0.0638 e. The number of piperazine rings is 1. The van der Waals surface area contributed by atoms with Crippen LogP contribution in [0.4, 0.5) is 5.69 Å². The van der Waals surface area contributed by atoms with E-state index in [2.05, 4.69) is 102 Å². The lowest BCUT2D eigenvalue weighted by molar-refractivity contribution is 0.148. The van der Waals surface area contributed by atoms with Gasteiger partial charge in [-0.05, 0) is 42.3 Å².